The van der Waals surface area contributed by atoms with E-state index in [0.29, 0.717) is 6.42 Å². The molecule has 73 heavy (non-hydrogen) atoms. The van der Waals surface area contributed by atoms with E-state index in [1.54, 1.807) is 6.08 Å². The lowest BCUT2D eigenvalue weighted by Crippen LogP contribution is -2.60. The van der Waals surface area contributed by atoms with Gasteiger partial charge >= 0.3 is 0 Å². The van der Waals surface area contributed by atoms with Gasteiger partial charge in [0.1, 0.15) is 24.4 Å². The number of aliphatic hydroxyl groups is 5. The summed E-state index contributed by atoms with van der Waals surface area (Å²) in [7, 11) is 0. The Hall–Kier alpha value is -3.15. The third-order valence-electron chi connectivity index (χ3n) is 13.4. The number of carbonyl (C=O) groups excluding carboxylic acids is 1. The van der Waals surface area contributed by atoms with Crippen LogP contribution in [0.5, 0.6) is 0 Å². The Morgan fingerprint density at radius 3 is 1.26 bits per heavy atom. The van der Waals surface area contributed by atoms with Crippen molar-refractivity contribution in [2.75, 3.05) is 13.2 Å². The molecule has 0 aromatic carbocycles. The number of aliphatic hydroxyl groups excluding tert-OH is 5. The van der Waals surface area contributed by atoms with Gasteiger partial charge in [-0.3, -0.25) is 4.79 Å². The minimum absolute atomic E-state index is 0.186. The molecular weight excluding hydrogens is 911 g/mol. The van der Waals surface area contributed by atoms with Crippen LogP contribution in [0.4, 0.5) is 0 Å². The topological polar surface area (TPSA) is 149 Å². The highest BCUT2D eigenvalue weighted by Gasteiger charge is 2.44. The number of unbranched alkanes of at least 4 members (excludes halogenated alkanes) is 23. The zero-order valence-electron chi connectivity index (χ0n) is 46.4. The Bertz CT molecular complexity index is 1510. The second-order valence-electron chi connectivity index (χ2n) is 20.1. The van der Waals surface area contributed by atoms with Gasteiger partial charge in [-0.25, -0.2) is 0 Å². The molecular formula is C64H109NO8. The quantitative estimate of drug-likeness (QED) is 0.0261. The van der Waals surface area contributed by atoms with Gasteiger partial charge in [0.2, 0.25) is 5.91 Å². The van der Waals surface area contributed by atoms with Crippen molar-refractivity contribution in [1.29, 1.82) is 0 Å². The van der Waals surface area contributed by atoms with Crippen LogP contribution in [0, 0.1) is 0 Å². The fraction of sp³-hybridized carbons (Fsp3) is 0.703. The minimum atomic E-state index is -1.57. The molecule has 1 saturated heterocycles. The van der Waals surface area contributed by atoms with Crippen LogP contribution >= 0.6 is 0 Å². The van der Waals surface area contributed by atoms with Gasteiger partial charge in [0.05, 0.1) is 25.4 Å². The van der Waals surface area contributed by atoms with E-state index in [1.807, 2.05) is 6.08 Å². The summed E-state index contributed by atoms with van der Waals surface area (Å²) in [6.07, 6.45) is 70.1. The lowest BCUT2D eigenvalue weighted by atomic mass is 9.99. The normalized spacial score (nSPS) is 19.9. The monoisotopic (exact) mass is 1020 g/mol. The van der Waals surface area contributed by atoms with Gasteiger partial charge in [-0.1, -0.05) is 252 Å². The molecule has 1 rings (SSSR count). The van der Waals surface area contributed by atoms with Gasteiger partial charge in [-0.15, -0.1) is 0 Å². The smallest absolute Gasteiger partial charge is 0.220 e. The Morgan fingerprint density at radius 1 is 0.479 bits per heavy atom. The van der Waals surface area contributed by atoms with E-state index in [0.717, 1.165) is 103 Å². The first-order chi connectivity index (χ1) is 35.8. The average Bonchev–Trinajstić information content (AvgIpc) is 3.39. The number of hydrogen-bond donors (Lipinski definition) is 6. The Labute approximate surface area is 446 Å². The van der Waals surface area contributed by atoms with Crippen molar-refractivity contribution in [1.82, 2.24) is 5.32 Å². The number of amides is 1. The maximum Gasteiger partial charge on any atom is 0.220 e. The summed E-state index contributed by atoms with van der Waals surface area (Å²) >= 11 is 0. The highest BCUT2D eigenvalue weighted by Crippen LogP contribution is 2.23. The first kappa shape index (κ1) is 67.9. The number of allylic oxidation sites excluding steroid dienone is 17. The van der Waals surface area contributed by atoms with Crippen LogP contribution in [0.25, 0.3) is 0 Å². The molecule has 0 aromatic rings. The van der Waals surface area contributed by atoms with Crippen LogP contribution < -0.4 is 5.32 Å². The molecule has 0 spiro atoms. The zero-order chi connectivity index (χ0) is 52.9. The SMILES string of the molecule is CC/C=C\C/C=C\C/C=C\C/C=C\C/C=C\C/C=C\C/C=C\C/C=C\CCCCCCCCCCCCC(=O)NC(COC1OC(CO)C(O)C(O)C1O)C(O)/C=C/CCCCCCCCCCCCCCC. The molecule has 0 aliphatic carbocycles. The summed E-state index contributed by atoms with van der Waals surface area (Å²) in [4.78, 5) is 13.1. The first-order valence-corrected chi connectivity index (χ1v) is 29.6. The number of carbonyl (C=O) groups is 1. The summed E-state index contributed by atoms with van der Waals surface area (Å²) in [6.45, 7) is 3.66. The number of nitrogens with one attached hydrogen (secondary N) is 1. The van der Waals surface area contributed by atoms with Gasteiger partial charge in [0.15, 0.2) is 6.29 Å². The van der Waals surface area contributed by atoms with Crippen molar-refractivity contribution in [2.24, 2.45) is 0 Å². The van der Waals surface area contributed by atoms with Crippen molar-refractivity contribution < 1.29 is 39.8 Å². The van der Waals surface area contributed by atoms with Gasteiger partial charge in [-0.05, 0) is 83.5 Å². The summed E-state index contributed by atoms with van der Waals surface area (Å²) in [6, 6.07) is -0.814. The van der Waals surface area contributed by atoms with Crippen molar-refractivity contribution in [2.45, 2.75) is 275 Å². The van der Waals surface area contributed by atoms with Crippen molar-refractivity contribution in [3.63, 3.8) is 0 Å². The molecule has 9 heteroatoms. The Morgan fingerprint density at radius 2 is 0.849 bits per heavy atom. The molecule has 1 aliphatic rings. The lowest BCUT2D eigenvalue weighted by molar-refractivity contribution is -0.302. The largest absolute Gasteiger partial charge is 0.394 e. The summed E-state index contributed by atoms with van der Waals surface area (Å²) < 4.78 is 11.3. The molecule has 9 nitrogen and oxygen atoms in total. The molecule has 1 aliphatic heterocycles. The van der Waals surface area contributed by atoms with Crippen LogP contribution in [0.3, 0.4) is 0 Å². The fourth-order valence-corrected chi connectivity index (χ4v) is 8.70. The molecule has 418 valence electrons. The van der Waals surface area contributed by atoms with E-state index in [1.165, 1.54) is 109 Å². The highest BCUT2D eigenvalue weighted by atomic mass is 16.7. The van der Waals surface area contributed by atoms with Crippen molar-refractivity contribution >= 4 is 5.91 Å². The van der Waals surface area contributed by atoms with E-state index in [9.17, 15) is 30.3 Å². The van der Waals surface area contributed by atoms with E-state index in [-0.39, 0.29) is 12.5 Å². The number of hydrogen-bond acceptors (Lipinski definition) is 8. The minimum Gasteiger partial charge on any atom is -0.394 e. The predicted molar refractivity (Wildman–Crippen MR) is 308 cm³/mol. The van der Waals surface area contributed by atoms with Crippen LogP contribution in [0.1, 0.15) is 232 Å². The average molecular weight is 1020 g/mol. The maximum atomic E-state index is 13.1. The molecule has 0 bridgehead atoms. The van der Waals surface area contributed by atoms with Crippen molar-refractivity contribution in [3.8, 4) is 0 Å². The van der Waals surface area contributed by atoms with E-state index in [4.69, 9.17) is 9.47 Å². The standard InChI is InChI=1S/C64H109NO8/c1-3-5-7-9-11-13-15-17-19-20-21-22-23-24-25-26-27-28-29-30-31-32-33-34-35-36-37-38-40-42-44-46-48-50-52-54-60(68)65-57(56-72-64-63(71)62(70)61(69)59(55-66)73-64)58(67)53-51-49-47-45-43-41-39-18-16-14-12-10-8-6-4-2/h5,7,11,13,17,19,21-22,24-25,27-28,30-31,33-34,51,53,57-59,61-64,66-67,69-71H,3-4,6,8-10,12,14-16,18,20,23,26,29,32,35-50,52,54-56H2,1-2H3,(H,65,68)/b7-5-,13-11-,19-17-,22-21-,25-24-,28-27-,31-30-,34-33-,53-51+. The van der Waals surface area contributed by atoms with Gasteiger partial charge in [0, 0.05) is 6.42 Å². The number of ether oxygens (including phenoxy) is 2. The molecule has 1 heterocycles. The molecule has 0 aromatic heterocycles. The molecule has 0 radical (unpaired) electrons. The van der Waals surface area contributed by atoms with Gasteiger partial charge in [0.25, 0.3) is 0 Å². The van der Waals surface area contributed by atoms with Crippen molar-refractivity contribution in [3.05, 3.63) is 109 Å². The summed E-state index contributed by atoms with van der Waals surface area (Å²) in [5.41, 5.74) is 0. The van der Waals surface area contributed by atoms with Gasteiger partial charge < -0.3 is 40.3 Å². The first-order valence-electron chi connectivity index (χ1n) is 29.6. The third kappa shape index (κ3) is 41.7. The third-order valence-corrected chi connectivity index (χ3v) is 13.4. The van der Waals surface area contributed by atoms with Crippen LogP contribution in [0.2, 0.25) is 0 Å². The molecule has 0 saturated carbocycles. The van der Waals surface area contributed by atoms with Crippen LogP contribution in [-0.2, 0) is 14.3 Å². The van der Waals surface area contributed by atoms with Crippen LogP contribution in [-0.4, -0.2) is 87.5 Å². The second kappa shape index (κ2) is 52.3. The molecule has 1 amide bonds. The maximum absolute atomic E-state index is 13.1. The van der Waals surface area contributed by atoms with E-state index < -0.39 is 49.5 Å². The highest BCUT2D eigenvalue weighted by molar-refractivity contribution is 5.76. The Kier molecular flexibility index (Phi) is 48.6. The second-order valence-corrected chi connectivity index (χ2v) is 20.1. The summed E-state index contributed by atoms with van der Waals surface area (Å²) in [5.74, 6) is -0.186. The lowest BCUT2D eigenvalue weighted by Gasteiger charge is -2.40. The van der Waals surface area contributed by atoms with E-state index in [2.05, 4.69) is 116 Å². The molecule has 7 atom stereocenters. The van der Waals surface area contributed by atoms with Crippen LogP contribution in [0.15, 0.2) is 109 Å². The van der Waals surface area contributed by atoms with Gasteiger partial charge in [-0.2, -0.15) is 0 Å². The zero-order valence-corrected chi connectivity index (χ0v) is 46.4. The fourth-order valence-electron chi connectivity index (χ4n) is 8.70. The molecule has 7 unspecified atom stereocenters. The Balaban J connectivity index is 2.18. The predicted octanol–water partition coefficient (Wildman–Crippen LogP) is 15.0. The molecule has 6 N–H and O–H groups in total. The number of rotatable bonds is 49. The van der Waals surface area contributed by atoms with E-state index >= 15 is 0 Å². The summed E-state index contributed by atoms with van der Waals surface area (Å²) in [5, 5.41) is 54.5. The molecule has 1 fully saturated rings.